The highest BCUT2D eigenvalue weighted by molar-refractivity contribution is 5.22. The van der Waals surface area contributed by atoms with Crippen LogP contribution in [0.15, 0.2) is 36.5 Å². The van der Waals surface area contributed by atoms with Crippen molar-refractivity contribution < 1.29 is 0 Å². The normalized spacial score (nSPS) is 12.8. The van der Waals surface area contributed by atoms with Crippen molar-refractivity contribution in [1.29, 1.82) is 0 Å². The number of aromatic nitrogens is 2. The Bertz CT molecular complexity index is 525. The number of likely N-dealkylation sites (N-methyl/N-ethyl adjacent to an activating group) is 1. The van der Waals surface area contributed by atoms with Crippen LogP contribution in [0.1, 0.15) is 36.7 Å². The average molecular weight is 271 g/mol. The maximum absolute atomic E-state index is 4.63. The van der Waals surface area contributed by atoms with E-state index in [0.717, 1.165) is 18.5 Å². The monoisotopic (exact) mass is 271 g/mol. The predicted octanol–water partition coefficient (Wildman–Crippen LogP) is 3.15. The zero-order chi connectivity index (χ0) is 14.5. The molecule has 0 aliphatic carbocycles. The number of hydrogen-bond donors (Lipinski definition) is 1. The molecule has 2 rings (SSSR count). The third kappa shape index (κ3) is 3.94. The fourth-order valence-electron chi connectivity index (χ4n) is 2.31. The van der Waals surface area contributed by atoms with Gasteiger partial charge in [-0.05, 0) is 45.9 Å². The van der Waals surface area contributed by atoms with Gasteiger partial charge >= 0.3 is 0 Å². The second-order valence-corrected chi connectivity index (χ2v) is 5.76. The van der Waals surface area contributed by atoms with Crippen LogP contribution in [0.5, 0.6) is 0 Å². The lowest BCUT2D eigenvalue weighted by Gasteiger charge is -2.15. The molecule has 1 atom stereocenters. The lowest BCUT2D eigenvalue weighted by molar-refractivity contribution is 0.508. The molecule has 0 saturated carbocycles. The third-order valence-corrected chi connectivity index (χ3v) is 3.66. The molecular weight excluding hydrogens is 246 g/mol. The summed E-state index contributed by atoms with van der Waals surface area (Å²) in [7, 11) is 2.03. The second kappa shape index (κ2) is 6.71. The molecule has 0 bridgehead atoms. The van der Waals surface area contributed by atoms with Crippen LogP contribution >= 0.6 is 0 Å². The van der Waals surface area contributed by atoms with E-state index in [2.05, 4.69) is 67.7 Å². The van der Waals surface area contributed by atoms with E-state index in [-0.39, 0.29) is 0 Å². The zero-order valence-electron chi connectivity index (χ0n) is 12.9. The summed E-state index contributed by atoms with van der Waals surface area (Å²) in [6.07, 6.45) is 4.06. The molecule has 0 radical (unpaired) electrons. The van der Waals surface area contributed by atoms with Crippen molar-refractivity contribution in [3.8, 4) is 0 Å². The van der Waals surface area contributed by atoms with E-state index < -0.39 is 0 Å². The van der Waals surface area contributed by atoms with Crippen LogP contribution < -0.4 is 5.32 Å². The van der Waals surface area contributed by atoms with E-state index in [4.69, 9.17) is 0 Å². The van der Waals surface area contributed by atoms with Crippen LogP contribution in [-0.4, -0.2) is 22.9 Å². The summed E-state index contributed by atoms with van der Waals surface area (Å²) in [5.41, 5.74) is 3.84. The first-order valence-electron chi connectivity index (χ1n) is 7.35. The van der Waals surface area contributed by atoms with E-state index >= 15 is 0 Å². The molecular formula is C17H25N3. The summed E-state index contributed by atoms with van der Waals surface area (Å²) in [6.45, 7) is 6.43. The Morgan fingerprint density at radius 1 is 1.10 bits per heavy atom. The summed E-state index contributed by atoms with van der Waals surface area (Å²) in [4.78, 5) is 0. The number of nitrogens with zero attached hydrogens (tertiary/aromatic N) is 2. The molecule has 0 aliphatic rings. The molecule has 1 unspecified atom stereocenters. The van der Waals surface area contributed by atoms with Crippen molar-refractivity contribution in [3.05, 3.63) is 53.3 Å². The highest BCUT2D eigenvalue weighted by Crippen LogP contribution is 2.11. The molecule has 1 N–H and O–H groups in total. The lowest BCUT2D eigenvalue weighted by atomic mass is 10.0. The Kier molecular flexibility index (Phi) is 4.96. The number of hydrogen-bond acceptors (Lipinski definition) is 2. The highest BCUT2D eigenvalue weighted by atomic mass is 15.3. The van der Waals surface area contributed by atoms with Crippen LogP contribution in [0.4, 0.5) is 0 Å². The van der Waals surface area contributed by atoms with Crippen molar-refractivity contribution in [2.75, 3.05) is 7.05 Å². The minimum absolute atomic E-state index is 0.424. The summed E-state index contributed by atoms with van der Waals surface area (Å²) in [5.74, 6) is 0. The number of nitrogens with one attached hydrogen (secondary N) is 1. The van der Waals surface area contributed by atoms with Gasteiger partial charge < -0.3 is 5.32 Å². The Labute approximate surface area is 122 Å². The molecule has 1 aromatic heterocycles. The predicted molar refractivity (Wildman–Crippen MR) is 84.0 cm³/mol. The third-order valence-electron chi connectivity index (χ3n) is 3.66. The van der Waals surface area contributed by atoms with Gasteiger partial charge in [0.05, 0.1) is 5.69 Å². The lowest BCUT2D eigenvalue weighted by Crippen LogP contribution is -2.30. The Hall–Kier alpha value is -1.61. The molecule has 108 valence electrons. The second-order valence-electron chi connectivity index (χ2n) is 5.76. The molecule has 20 heavy (non-hydrogen) atoms. The van der Waals surface area contributed by atoms with Gasteiger partial charge in [-0.2, -0.15) is 5.10 Å². The minimum atomic E-state index is 0.424. The largest absolute Gasteiger partial charge is 0.316 e. The molecule has 0 spiro atoms. The van der Waals surface area contributed by atoms with Crippen LogP contribution in [-0.2, 0) is 12.8 Å². The van der Waals surface area contributed by atoms with Crippen molar-refractivity contribution in [2.45, 2.75) is 45.7 Å². The fourth-order valence-corrected chi connectivity index (χ4v) is 2.31. The van der Waals surface area contributed by atoms with E-state index in [1.165, 1.54) is 11.1 Å². The molecule has 1 aromatic carbocycles. The molecule has 1 heterocycles. The van der Waals surface area contributed by atoms with Crippen LogP contribution in [0.2, 0.25) is 0 Å². The van der Waals surface area contributed by atoms with Crippen molar-refractivity contribution in [1.82, 2.24) is 15.1 Å². The molecule has 3 nitrogen and oxygen atoms in total. The van der Waals surface area contributed by atoms with Crippen LogP contribution in [0.25, 0.3) is 0 Å². The first-order valence-corrected chi connectivity index (χ1v) is 7.35. The number of rotatable bonds is 6. The Balaban J connectivity index is 1.99. The van der Waals surface area contributed by atoms with Crippen molar-refractivity contribution >= 4 is 0 Å². The smallest absolute Gasteiger partial charge is 0.0640 e. The molecule has 0 aliphatic heterocycles. The summed E-state index contributed by atoms with van der Waals surface area (Å²) in [5, 5.41) is 8.03. The highest BCUT2D eigenvalue weighted by Gasteiger charge is 2.11. The molecule has 0 saturated heterocycles. The zero-order valence-corrected chi connectivity index (χ0v) is 12.9. The maximum Gasteiger partial charge on any atom is 0.0640 e. The fraction of sp³-hybridized carbons (Fsp3) is 0.471. The van der Waals surface area contributed by atoms with E-state index in [9.17, 15) is 0 Å². The first-order chi connectivity index (χ1) is 9.58. The molecule has 0 fully saturated rings. The van der Waals surface area contributed by atoms with E-state index in [1.807, 2.05) is 11.7 Å². The minimum Gasteiger partial charge on any atom is -0.316 e. The molecule has 3 heteroatoms. The van der Waals surface area contributed by atoms with Crippen molar-refractivity contribution in [2.24, 2.45) is 0 Å². The van der Waals surface area contributed by atoms with Gasteiger partial charge in [-0.3, -0.25) is 4.68 Å². The van der Waals surface area contributed by atoms with Crippen LogP contribution in [0.3, 0.4) is 0 Å². The average Bonchev–Trinajstić information content (AvgIpc) is 2.89. The van der Waals surface area contributed by atoms with Gasteiger partial charge in [0.2, 0.25) is 0 Å². The van der Waals surface area contributed by atoms with Gasteiger partial charge in [0, 0.05) is 24.7 Å². The molecule has 2 aromatic rings. The van der Waals surface area contributed by atoms with Gasteiger partial charge in [-0.15, -0.1) is 0 Å². The topological polar surface area (TPSA) is 29.9 Å². The summed E-state index contributed by atoms with van der Waals surface area (Å²) >= 11 is 0. The number of aryl methyl sites for hydroxylation is 1. The Morgan fingerprint density at radius 2 is 1.80 bits per heavy atom. The van der Waals surface area contributed by atoms with Gasteiger partial charge in [-0.1, -0.05) is 29.8 Å². The first kappa shape index (κ1) is 14.8. The van der Waals surface area contributed by atoms with Gasteiger partial charge in [0.1, 0.15) is 0 Å². The molecule has 0 amide bonds. The van der Waals surface area contributed by atoms with Crippen LogP contribution in [0, 0.1) is 6.92 Å². The standard InChI is InChI=1S/C17H25N3/c1-13(2)20-10-9-16(19-20)12-17(18-4)11-15-7-5-14(3)6-8-15/h5-10,13,17-18H,11-12H2,1-4H3. The quantitative estimate of drug-likeness (QED) is 0.874. The van der Waals surface area contributed by atoms with Gasteiger partial charge in [0.15, 0.2) is 0 Å². The number of benzene rings is 1. The Morgan fingerprint density at radius 3 is 2.35 bits per heavy atom. The van der Waals surface area contributed by atoms with Gasteiger partial charge in [-0.25, -0.2) is 0 Å². The van der Waals surface area contributed by atoms with Crippen molar-refractivity contribution in [3.63, 3.8) is 0 Å². The maximum atomic E-state index is 4.63. The van der Waals surface area contributed by atoms with E-state index in [1.54, 1.807) is 0 Å². The van der Waals surface area contributed by atoms with E-state index in [0.29, 0.717) is 12.1 Å². The summed E-state index contributed by atoms with van der Waals surface area (Å²) in [6, 6.07) is 11.8. The SMILES string of the molecule is CNC(Cc1ccc(C)cc1)Cc1ccn(C(C)C)n1. The summed E-state index contributed by atoms with van der Waals surface area (Å²) < 4.78 is 2.02. The van der Waals surface area contributed by atoms with Gasteiger partial charge in [0.25, 0.3) is 0 Å².